The van der Waals surface area contributed by atoms with Gasteiger partial charge in [0, 0.05) is 21.8 Å². The van der Waals surface area contributed by atoms with E-state index in [1.165, 1.54) is 0 Å². The van der Waals surface area contributed by atoms with Crippen LogP contribution in [0.2, 0.25) is 0 Å². The van der Waals surface area contributed by atoms with E-state index < -0.39 is 0 Å². The monoisotopic (exact) mass is 356 g/mol. The summed E-state index contributed by atoms with van der Waals surface area (Å²) < 4.78 is 6.17. The highest BCUT2D eigenvalue weighted by molar-refractivity contribution is 9.10. The van der Waals surface area contributed by atoms with E-state index in [1.54, 1.807) is 6.07 Å². The number of halogens is 1. The van der Waals surface area contributed by atoms with Crippen LogP contribution in [-0.4, -0.2) is 11.1 Å². The maximum absolute atomic E-state index is 12.2. The molecule has 4 nitrogen and oxygen atoms in total. The van der Waals surface area contributed by atoms with Crippen LogP contribution in [0.4, 0.5) is 5.69 Å². The van der Waals surface area contributed by atoms with Gasteiger partial charge in [0.25, 0.3) is 5.91 Å². The summed E-state index contributed by atoms with van der Waals surface area (Å²) in [6.45, 7) is 1.99. The summed E-state index contributed by atoms with van der Waals surface area (Å²) >= 11 is 3.44. The topological polar surface area (TPSA) is 55.1 Å². The first-order valence-corrected chi connectivity index (χ1v) is 7.52. The van der Waals surface area contributed by atoms with E-state index in [0.717, 1.165) is 15.6 Å². The second-order valence-corrected chi connectivity index (χ2v) is 5.71. The number of carbonyl (C=O) groups excluding carboxylic acids is 1. The molecule has 0 bridgehead atoms. The number of hydrogen-bond acceptors (Lipinski definition) is 3. The largest absolute Gasteiger partial charge is 0.355 e. The molecule has 0 aliphatic rings. The number of amides is 1. The van der Waals surface area contributed by atoms with E-state index in [4.69, 9.17) is 4.52 Å². The standard InChI is InChI=1S/C17H13BrN2O2/c1-11-7-8-13(9-14(11)18)19-17(21)15-10-16(22-20-15)12-5-3-2-4-6-12/h2-10H,1H3,(H,19,21). The molecule has 3 aromatic rings. The Morgan fingerprint density at radius 3 is 2.64 bits per heavy atom. The number of carbonyl (C=O) groups is 1. The molecule has 0 spiro atoms. The van der Waals surface area contributed by atoms with Crippen LogP contribution in [0.3, 0.4) is 0 Å². The Hall–Kier alpha value is -2.40. The summed E-state index contributed by atoms with van der Waals surface area (Å²) in [5.74, 6) is 0.262. The fourth-order valence-corrected chi connectivity index (χ4v) is 2.37. The molecule has 0 saturated heterocycles. The Morgan fingerprint density at radius 1 is 1.14 bits per heavy atom. The van der Waals surface area contributed by atoms with Crippen LogP contribution in [0.1, 0.15) is 16.1 Å². The van der Waals surface area contributed by atoms with E-state index in [2.05, 4.69) is 26.4 Å². The lowest BCUT2D eigenvalue weighted by Crippen LogP contribution is -2.12. The predicted octanol–water partition coefficient (Wildman–Crippen LogP) is 4.66. The van der Waals surface area contributed by atoms with Gasteiger partial charge in [-0.2, -0.15) is 0 Å². The maximum Gasteiger partial charge on any atom is 0.277 e. The summed E-state index contributed by atoms with van der Waals surface area (Å²) in [5, 5.41) is 6.63. The highest BCUT2D eigenvalue weighted by Gasteiger charge is 2.14. The van der Waals surface area contributed by atoms with Gasteiger partial charge in [-0.25, -0.2) is 0 Å². The van der Waals surface area contributed by atoms with E-state index >= 15 is 0 Å². The summed E-state index contributed by atoms with van der Waals surface area (Å²) in [4.78, 5) is 12.2. The molecule has 0 aliphatic carbocycles. The molecule has 1 N–H and O–H groups in total. The molecule has 0 atom stereocenters. The number of anilines is 1. The molecule has 0 aliphatic heterocycles. The average Bonchev–Trinajstić information content (AvgIpc) is 3.02. The molecule has 0 radical (unpaired) electrons. The molecule has 22 heavy (non-hydrogen) atoms. The van der Waals surface area contributed by atoms with Gasteiger partial charge in [-0.1, -0.05) is 57.5 Å². The van der Waals surface area contributed by atoms with Gasteiger partial charge < -0.3 is 9.84 Å². The minimum Gasteiger partial charge on any atom is -0.355 e. The van der Waals surface area contributed by atoms with Crippen molar-refractivity contribution in [2.75, 3.05) is 5.32 Å². The summed E-state index contributed by atoms with van der Waals surface area (Å²) in [6, 6.07) is 16.8. The molecular weight excluding hydrogens is 344 g/mol. The summed E-state index contributed by atoms with van der Waals surface area (Å²) in [6.07, 6.45) is 0. The zero-order chi connectivity index (χ0) is 15.5. The minimum atomic E-state index is -0.304. The first kappa shape index (κ1) is 14.5. The van der Waals surface area contributed by atoms with Crippen LogP contribution in [0.15, 0.2) is 63.6 Å². The molecule has 1 aromatic heterocycles. The van der Waals surface area contributed by atoms with E-state index in [-0.39, 0.29) is 11.6 Å². The molecule has 110 valence electrons. The van der Waals surface area contributed by atoms with Crippen LogP contribution in [0.5, 0.6) is 0 Å². The van der Waals surface area contributed by atoms with Crippen molar-refractivity contribution >= 4 is 27.5 Å². The first-order valence-electron chi connectivity index (χ1n) is 6.73. The van der Waals surface area contributed by atoms with Gasteiger partial charge in [-0.15, -0.1) is 0 Å². The molecule has 1 amide bonds. The van der Waals surface area contributed by atoms with Crippen LogP contribution in [-0.2, 0) is 0 Å². The fourth-order valence-electron chi connectivity index (χ4n) is 1.99. The SMILES string of the molecule is Cc1ccc(NC(=O)c2cc(-c3ccccc3)on2)cc1Br. The van der Waals surface area contributed by atoms with Crippen molar-refractivity contribution in [3.63, 3.8) is 0 Å². The second-order valence-electron chi connectivity index (χ2n) is 4.86. The molecule has 1 heterocycles. The Balaban J connectivity index is 1.78. The van der Waals surface area contributed by atoms with Crippen LogP contribution in [0, 0.1) is 6.92 Å². The Kier molecular flexibility index (Phi) is 4.06. The first-order chi connectivity index (χ1) is 10.6. The molecule has 0 fully saturated rings. The molecular formula is C17H13BrN2O2. The third-order valence-corrected chi connectivity index (χ3v) is 4.09. The molecule has 3 rings (SSSR count). The minimum absolute atomic E-state index is 0.246. The second kappa shape index (κ2) is 6.15. The predicted molar refractivity (Wildman–Crippen MR) is 88.8 cm³/mol. The smallest absolute Gasteiger partial charge is 0.277 e. The Bertz CT molecular complexity index is 813. The number of aromatic nitrogens is 1. The number of nitrogens with zero attached hydrogens (tertiary/aromatic N) is 1. The zero-order valence-corrected chi connectivity index (χ0v) is 13.4. The van der Waals surface area contributed by atoms with Crippen molar-refractivity contribution in [3.05, 3.63) is 70.3 Å². The maximum atomic E-state index is 12.2. The van der Waals surface area contributed by atoms with Crippen molar-refractivity contribution in [2.45, 2.75) is 6.92 Å². The van der Waals surface area contributed by atoms with Gasteiger partial charge in [0.05, 0.1) is 0 Å². The van der Waals surface area contributed by atoms with E-state index in [0.29, 0.717) is 11.4 Å². The Morgan fingerprint density at radius 2 is 1.91 bits per heavy atom. The van der Waals surface area contributed by atoms with Gasteiger partial charge in [0.2, 0.25) is 0 Å². The van der Waals surface area contributed by atoms with E-state index in [1.807, 2.05) is 55.5 Å². The third kappa shape index (κ3) is 3.09. The lowest BCUT2D eigenvalue weighted by atomic mass is 10.1. The van der Waals surface area contributed by atoms with Crippen molar-refractivity contribution in [3.8, 4) is 11.3 Å². The molecule has 0 saturated carbocycles. The molecule has 5 heteroatoms. The number of rotatable bonds is 3. The fraction of sp³-hybridized carbons (Fsp3) is 0.0588. The number of benzene rings is 2. The number of aryl methyl sites for hydroxylation is 1. The third-order valence-electron chi connectivity index (χ3n) is 3.23. The highest BCUT2D eigenvalue weighted by Crippen LogP contribution is 2.22. The van der Waals surface area contributed by atoms with Gasteiger partial charge in [0.1, 0.15) is 0 Å². The van der Waals surface area contributed by atoms with Gasteiger partial charge >= 0.3 is 0 Å². The normalized spacial score (nSPS) is 10.5. The van der Waals surface area contributed by atoms with Gasteiger partial charge in [-0.05, 0) is 24.6 Å². The van der Waals surface area contributed by atoms with Gasteiger partial charge in [0.15, 0.2) is 11.5 Å². The molecule has 0 unspecified atom stereocenters. The lowest BCUT2D eigenvalue weighted by Gasteiger charge is -2.04. The van der Waals surface area contributed by atoms with Crippen LogP contribution in [0.25, 0.3) is 11.3 Å². The van der Waals surface area contributed by atoms with Crippen molar-refractivity contribution in [1.82, 2.24) is 5.16 Å². The number of hydrogen-bond donors (Lipinski definition) is 1. The van der Waals surface area contributed by atoms with E-state index in [9.17, 15) is 4.79 Å². The zero-order valence-electron chi connectivity index (χ0n) is 11.8. The molecule has 2 aromatic carbocycles. The van der Waals surface area contributed by atoms with Crippen molar-refractivity contribution < 1.29 is 9.32 Å². The summed E-state index contributed by atoms with van der Waals surface area (Å²) in [5.41, 5.74) is 2.93. The average molecular weight is 357 g/mol. The quantitative estimate of drug-likeness (QED) is 0.741. The lowest BCUT2D eigenvalue weighted by molar-refractivity contribution is 0.101. The highest BCUT2D eigenvalue weighted by atomic mass is 79.9. The Labute approximate surface area is 136 Å². The number of nitrogens with one attached hydrogen (secondary N) is 1. The summed E-state index contributed by atoms with van der Waals surface area (Å²) in [7, 11) is 0. The van der Waals surface area contributed by atoms with Gasteiger partial charge in [-0.3, -0.25) is 4.79 Å². The van der Waals surface area contributed by atoms with Crippen molar-refractivity contribution in [1.29, 1.82) is 0 Å². The van der Waals surface area contributed by atoms with Crippen LogP contribution < -0.4 is 5.32 Å². The van der Waals surface area contributed by atoms with Crippen LogP contribution >= 0.6 is 15.9 Å². The van der Waals surface area contributed by atoms with Crippen molar-refractivity contribution in [2.24, 2.45) is 0 Å².